The van der Waals surface area contributed by atoms with Gasteiger partial charge in [0.1, 0.15) is 11.6 Å². The SMILES string of the molecule is CNC(=O)C12C[C@@H]1C(n1cnc3c(NCc4ccccn4)nc(-c4cncc(C)c4)nc31)[C@H](O)[C@@H]2O. The van der Waals surface area contributed by atoms with Crippen LogP contribution in [-0.2, 0) is 11.3 Å². The van der Waals surface area contributed by atoms with Gasteiger partial charge in [-0.3, -0.25) is 14.8 Å². The number of aryl methyl sites for hydroxylation is 1. The predicted octanol–water partition coefficient (Wildman–Crippen LogP) is 1.23. The summed E-state index contributed by atoms with van der Waals surface area (Å²) < 4.78 is 1.77. The molecule has 184 valence electrons. The summed E-state index contributed by atoms with van der Waals surface area (Å²) in [6.07, 6.45) is 4.96. The van der Waals surface area contributed by atoms with E-state index in [4.69, 9.17) is 9.97 Å². The number of fused-ring (bicyclic) bond motifs is 2. The summed E-state index contributed by atoms with van der Waals surface area (Å²) in [6, 6.07) is 7.08. The molecule has 4 N–H and O–H groups in total. The zero-order chi connectivity index (χ0) is 25.0. The molecule has 4 aromatic rings. The number of aromatic nitrogens is 6. The van der Waals surface area contributed by atoms with E-state index in [1.165, 1.54) is 0 Å². The quantitative estimate of drug-likeness (QED) is 0.315. The molecule has 0 spiro atoms. The van der Waals surface area contributed by atoms with Gasteiger partial charge >= 0.3 is 0 Å². The lowest BCUT2D eigenvalue weighted by Gasteiger charge is -2.23. The second-order valence-electron chi connectivity index (χ2n) is 9.50. The Bertz CT molecular complexity index is 1460. The molecule has 0 radical (unpaired) electrons. The lowest BCUT2D eigenvalue weighted by molar-refractivity contribution is -0.132. The van der Waals surface area contributed by atoms with Crippen molar-refractivity contribution >= 4 is 22.9 Å². The van der Waals surface area contributed by atoms with E-state index in [9.17, 15) is 15.0 Å². The number of hydrogen-bond donors (Lipinski definition) is 4. The number of carbonyl (C=O) groups excluding carboxylic acids is 1. The predicted molar refractivity (Wildman–Crippen MR) is 131 cm³/mol. The third kappa shape index (κ3) is 3.34. The van der Waals surface area contributed by atoms with Gasteiger partial charge in [0.2, 0.25) is 5.91 Å². The van der Waals surface area contributed by atoms with Crippen molar-refractivity contribution in [2.24, 2.45) is 11.3 Å². The van der Waals surface area contributed by atoms with E-state index >= 15 is 0 Å². The van der Waals surface area contributed by atoms with Crippen LogP contribution in [0.5, 0.6) is 0 Å². The van der Waals surface area contributed by atoms with Gasteiger partial charge in [0.25, 0.3) is 0 Å². The molecule has 0 aliphatic heterocycles. The highest BCUT2D eigenvalue weighted by Gasteiger charge is 2.75. The molecule has 2 aliphatic carbocycles. The van der Waals surface area contributed by atoms with Gasteiger partial charge in [-0.05, 0) is 37.1 Å². The lowest BCUT2D eigenvalue weighted by atomic mass is 9.98. The third-order valence-electron chi connectivity index (χ3n) is 7.36. The molecule has 2 saturated carbocycles. The van der Waals surface area contributed by atoms with Crippen molar-refractivity contribution in [1.82, 2.24) is 34.8 Å². The van der Waals surface area contributed by atoms with Crippen molar-refractivity contribution in [3.63, 3.8) is 0 Å². The Morgan fingerprint density at radius 3 is 2.83 bits per heavy atom. The summed E-state index contributed by atoms with van der Waals surface area (Å²) in [6.45, 7) is 2.37. The fraction of sp³-hybridized carbons (Fsp3) is 0.360. The fourth-order valence-electron chi connectivity index (χ4n) is 5.53. The van der Waals surface area contributed by atoms with Crippen molar-refractivity contribution in [2.45, 2.75) is 38.1 Å². The number of hydrogen-bond acceptors (Lipinski definition) is 9. The number of rotatable bonds is 6. The van der Waals surface area contributed by atoms with Crippen LogP contribution in [0.4, 0.5) is 5.82 Å². The van der Waals surface area contributed by atoms with Gasteiger partial charge < -0.3 is 25.4 Å². The number of nitrogens with one attached hydrogen (secondary N) is 2. The molecule has 2 fully saturated rings. The Hall–Kier alpha value is -3.96. The minimum absolute atomic E-state index is 0.233. The van der Waals surface area contributed by atoms with Crippen LogP contribution in [0.3, 0.4) is 0 Å². The van der Waals surface area contributed by atoms with Crippen LogP contribution >= 0.6 is 0 Å². The first-order valence-electron chi connectivity index (χ1n) is 11.8. The number of amides is 1. The number of anilines is 1. The number of imidazole rings is 1. The van der Waals surface area contributed by atoms with E-state index in [-0.39, 0.29) is 11.8 Å². The lowest BCUT2D eigenvalue weighted by Crippen LogP contribution is -2.41. The van der Waals surface area contributed by atoms with Gasteiger partial charge in [0, 0.05) is 37.1 Å². The van der Waals surface area contributed by atoms with Crippen molar-refractivity contribution in [3.8, 4) is 11.4 Å². The number of aliphatic hydroxyl groups excluding tert-OH is 2. The highest BCUT2D eigenvalue weighted by molar-refractivity contribution is 5.88. The molecular formula is C25H26N8O3. The monoisotopic (exact) mass is 486 g/mol. The van der Waals surface area contributed by atoms with Gasteiger partial charge in [-0.15, -0.1) is 0 Å². The Labute approximate surface area is 206 Å². The van der Waals surface area contributed by atoms with Gasteiger partial charge in [0.05, 0.1) is 36.1 Å². The van der Waals surface area contributed by atoms with E-state index in [1.807, 2.05) is 31.2 Å². The number of pyridine rings is 2. The van der Waals surface area contributed by atoms with E-state index < -0.39 is 23.7 Å². The minimum Gasteiger partial charge on any atom is -0.389 e. The molecule has 2 unspecified atom stereocenters. The number of nitrogens with zero attached hydrogens (tertiary/aromatic N) is 6. The summed E-state index contributed by atoms with van der Waals surface area (Å²) in [5, 5.41) is 27.8. The molecule has 36 heavy (non-hydrogen) atoms. The molecule has 11 nitrogen and oxygen atoms in total. The zero-order valence-electron chi connectivity index (χ0n) is 19.8. The maximum Gasteiger partial charge on any atom is 0.229 e. The molecule has 6 rings (SSSR count). The number of aliphatic hydroxyl groups is 2. The third-order valence-corrected chi connectivity index (χ3v) is 7.36. The van der Waals surface area contributed by atoms with Gasteiger partial charge in [-0.2, -0.15) is 0 Å². The van der Waals surface area contributed by atoms with Crippen molar-refractivity contribution < 1.29 is 15.0 Å². The van der Waals surface area contributed by atoms with Crippen LogP contribution in [0.25, 0.3) is 22.6 Å². The Morgan fingerprint density at radius 2 is 2.08 bits per heavy atom. The fourth-order valence-corrected chi connectivity index (χ4v) is 5.53. The van der Waals surface area contributed by atoms with Crippen molar-refractivity contribution in [3.05, 3.63) is 60.4 Å². The minimum atomic E-state index is -1.17. The van der Waals surface area contributed by atoms with Crippen LogP contribution < -0.4 is 10.6 Å². The Morgan fingerprint density at radius 1 is 1.22 bits per heavy atom. The van der Waals surface area contributed by atoms with Crippen LogP contribution in [0.15, 0.2) is 49.2 Å². The van der Waals surface area contributed by atoms with Crippen molar-refractivity contribution in [1.29, 1.82) is 0 Å². The van der Waals surface area contributed by atoms with Crippen LogP contribution in [0, 0.1) is 18.3 Å². The topological polar surface area (TPSA) is 151 Å². The molecule has 2 aliphatic rings. The second-order valence-corrected chi connectivity index (χ2v) is 9.50. The summed E-state index contributed by atoms with van der Waals surface area (Å²) in [5.41, 5.74) is 2.58. The molecule has 5 atom stereocenters. The van der Waals surface area contributed by atoms with Gasteiger partial charge in [-0.1, -0.05) is 6.07 Å². The summed E-state index contributed by atoms with van der Waals surface area (Å²) in [7, 11) is 1.54. The van der Waals surface area contributed by atoms with E-state index in [2.05, 4.69) is 25.6 Å². The second kappa shape index (κ2) is 8.32. The first-order valence-corrected chi connectivity index (χ1v) is 11.8. The van der Waals surface area contributed by atoms with Crippen LogP contribution in [0.1, 0.15) is 23.7 Å². The molecule has 1 amide bonds. The molecule has 0 aromatic carbocycles. The molecule has 0 saturated heterocycles. The highest BCUT2D eigenvalue weighted by Crippen LogP contribution is 2.67. The average Bonchev–Trinajstić information content (AvgIpc) is 3.43. The van der Waals surface area contributed by atoms with Crippen LogP contribution in [0.2, 0.25) is 0 Å². The normalized spacial score (nSPS) is 26.6. The van der Waals surface area contributed by atoms with Gasteiger partial charge in [0.15, 0.2) is 17.3 Å². The van der Waals surface area contributed by atoms with Crippen molar-refractivity contribution in [2.75, 3.05) is 12.4 Å². The maximum absolute atomic E-state index is 12.6. The maximum atomic E-state index is 12.6. The number of carbonyl (C=O) groups is 1. The summed E-state index contributed by atoms with van der Waals surface area (Å²) >= 11 is 0. The average molecular weight is 487 g/mol. The Balaban J connectivity index is 1.45. The highest BCUT2D eigenvalue weighted by atomic mass is 16.3. The molecule has 4 heterocycles. The molecule has 0 bridgehead atoms. The standard InChI is InChI=1S/C25H26N8O3/c1-13-7-14(10-27-9-13)21-31-22(29-11-15-5-3-4-6-28-15)17-23(32-21)33(12-30-17)18-16-8-25(16,24(36)26-2)20(35)19(18)34/h3-7,9-10,12,16,18-20,34-35H,8,11H2,1-2H3,(H,26,36)(H,29,31,32)/t16-,18?,19+,20+,25?/m1/s1. The molecular weight excluding hydrogens is 460 g/mol. The van der Waals surface area contributed by atoms with Gasteiger partial charge in [-0.25, -0.2) is 15.0 Å². The van der Waals surface area contributed by atoms with E-state index in [1.54, 1.807) is 36.5 Å². The zero-order valence-corrected chi connectivity index (χ0v) is 19.8. The smallest absolute Gasteiger partial charge is 0.229 e. The largest absolute Gasteiger partial charge is 0.389 e. The van der Waals surface area contributed by atoms with Crippen LogP contribution in [-0.4, -0.2) is 64.9 Å². The summed E-state index contributed by atoms with van der Waals surface area (Å²) in [4.78, 5) is 35.4. The van der Waals surface area contributed by atoms with E-state index in [0.29, 0.717) is 35.8 Å². The Kier molecular flexibility index (Phi) is 5.20. The first kappa shape index (κ1) is 22.5. The molecule has 4 aromatic heterocycles. The van der Waals surface area contributed by atoms with E-state index in [0.717, 1.165) is 16.8 Å². The first-order chi connectivity index (χ1) is 17.4. The molecule has 11 heteroatoms. The summed E-state index contributed by atoms with van der Waals surface area (Å²) in [5.74, 6) is 0.473.